The van der Waals surface area contributed by atoms with Crippen molar-refractivity contribution in [1.82, 2.24) is 4.90 Å². The molecular formula is C15H24N2O. The van der Waals surface area contributed by atoms with Gasteiger partial charge >= 0.3 is 0 Å². The molecule has 1 amide bonds. The van der Waals surface area contributed by atoms with Gasteiger partial charge in [-0.25, -0.2) is 0 Å². The van der Waals surface area contributed by atoms with E-state index in [1.54, 1.807) is 0 Å². The highest BCUT2D eigenvalue weighted by Crippen LogP contribution is 2.39. The summed E-state index contributed by atoms with van der Waals surface area (Å²) in [7, 11) is 0. The predicted octanol–water partition coefficient (Wildman–Crippen LogP) is 3.25. The van der Waals surface area contributed by atoms with Gasteiger partial charge in [0.25, 0.3) is 0 Å². The number of nitrogens with zero attached hydrogens (tertiary/aromatic N) is 2. The maximum atomic E-state index is 12.8. The van der Waals surface area contributed by atoms with E-state index in [1.807, 2.05) is 4.90 Å². The minimum Gasteiger partial charge on any atom is -0.326 e. The summed E-state index contributed by atoms with van der Waals surface area (Å²) < 4.78 is 0. The second-order valence-corrected chi connectivity index (χ2v) is 6.15. The van der Waals surface area contributed by atoms with E-state index < -0.39 is 0 Å². The fourth-order valence-electron chi connectivity index (χ4n) is 3.55. The van der Waals surface area contributed by atoms with Crippen molar-refractivity contribution in [3.63, 3.8) is 0 Å². The Bertz CT molecular complexity index is 333. The SMILES string of the molecule is CC1(C(=O)N(CC#N)C2CCCC2)CCCCC1. The van der Waals surface area contributed by atoms with E-state index in [1.165, 1.54) is 19.3 Å². The van der Waals surface area contributed by atoms with E-state index in [9.17, 15) is 4.79 Å². The van der Waals surface area contributed by atoms with E-state index in [2.05, 4.69) is 13.0 Å². The molecule has 0 aromatic heterocycles. The van der Waals surface area contributed by atoms with Crippen molar-refractivity contribution in [1.29, 1.82) is 5.26 Å². The molecule has 2 saturated carbocycles. The highest BCUT2D eigenvalue weighted by molar-refractivity contribution is 5.83. The fraction of sp³-hybridized carbons (Fsp3) is 0.867. The number of carbonyl (C=O) groups excluding carboxylic acids is 1. The summed E-state index contributed by atoms with van der Waals surface area (Å²) in [6, 6.07) is 2.52. The number of hydrogen-bond acceptors (Lipinski definition) is 2. The third-order valence-electron chi connectivity index (χ3n) is 4.74. The Kier molecular flexibility index (Phi) is 4.27. The van der Waals surface area contributed by atoms with Crippen molar-refractivity contribution in [2.24, 2.45) is 5.41 Å². The van der Waals surface area contributed by atoms with Crippen LogP contribution in [0.2, 0.25) is 0 Å². The molecule has 2 aliphatic carbocycles. The zero-order valence-electron chi connectivity index (χ0n) is 11.5. The lowest BCUT2D eigenvalue weighted by Crippen LogP contribution is -2.47. The van der Waals surface area contributed by atoms with Crippen molar-refractivity contribution in [3.05, 3.63) is 0 Å². The summed E-state index contributed by atoms with van der Waals surface area (Å²) >= 11 is 0. The van der Waals surface area contributed by atoms with E-state index in [-0.39, 0.29) is 17.9 Å². The molecule has 0 aromatic carbocycles. The van der Waals surface area contributed by atoms with Gasteiger partial charge in [-0.1, -0.05) is 39.0 Å². The summed E-state index contributed by atoms with van der Waals surface area (Å²) in [5.74, 6) is 0.246. The molecule has 0 radical (unpaired) electrons. The van der Waals surface area contributed by atoms with Gasteiger partial charge in [-0.2, -0.15) is 5.26 Å². The first kappa shape index (κ1) is 13.4. The molecule has 0 unspecified atom stereocenters. The summed E-state index contributed by atoms with van der Waals surface area (Å²) in [5, 5.41) is 8.98. The van der Waals surface area contributed by atoms with Crippen LogP contribution < -0.4 is 0 Å². The number of nitriles is 1. The van der Waals surface area contributed by atoms with E-state index in [0.29, 0.717) is 6.04 Å². The van der Waals surface area contributed by atoms with Gasteiger partial charge in [0.05, 0.1) is 6.07 Å². The molecular weight excluding hydrogens is 224 g/mol. The second kappa shape index (κ2) is 5.73. The molecule has 18 heavy (non-hydrogen) atoms. The van der Waals surface area contributed by atoms with Crippen LogP contribution in [0.25, 0.3) is 0 Å². The Morgan fingerprint density at radius 3 is 2.39 bits per heavy atom. The molecule has 100 valence electrons. The largest absolute Gasteiger partial charge is 0.326 e. The van der Waals surface area contributed by atoms with Crippen LogP contribution in [-0.2, 0) is 4.79 Å². The smallest absolute Gasteiger partial charge is 0.229 e. The topological polar surface area (TPSA) is 44.1 Å². The third kappa shape index (κ3) is 2.68. The Labute approximate surface area is 110 Å². The van der Waals surface area contributed by atoms with Crippen LogP contribution in [0.15, 0.2) is 0 Å². The van der Waals surface area contributed by atoms with E-state index >= 15 is 0 Å². The minimum absolute atomic E-state index is 0.197. The molecule has 0 saturated heterocycles. The normalized spacial score (nSPS) is 23.6. The Morgan fingerprint density at radius 1 is 1.22 bits per heavy atom. The van der Waals surface area contributed by atoms with Gasteiger partial charge in [-0.05, 0) is 25.7 Å². The van der Waals surface area contributed by atoms with Gasteiger partial charge in [0, 0.05) is 11.5 Å². The third-order valence-corrected chi connectivity index (χ3v) is 4.74. The lowest BCUT2D eigenvalue weighted by Gasteiger charge is -2.38. The first-order chi connectivity index (χ1) is 8.67. The Hall–Kier alpha value is -1.04. The van der Waals surface area contributed by atoms with Crippen LogP contribution in [0.3, 0.4) is 0 Å². The van der Waals surface area contributed by atoms with Crippen molar-refractivity contribution < 1.29 is 4.79 Å². The van der Waals surface area contributed by atoms with Crippen molar-refractivity contribution >= 4 is 5.91 Å². The zero-order chi connectivity index (χ0) is 13.0. The van der Waals surface area contributed by atoms with Gasteiger partial charge in [0.15, 0.2) is 0 Å². The minimum atomic E-state index is -0.197. The molecule has 0 spiro atoms. The van der Waals surface area contributed by atoms with Crippen LogP contribution in [-0.4, -0.2) is 23.4 Å². The maximum absolute atomic E-state index is 12.8. The number of carbonyl (C=O) groups is 1. The van der Waals surface area contributed by atoms with Crippen LogP contribution in [0.5, 0.6) is 0 Å². The van der Waals surface area contributed by atoms with Crippen LogP contribution in [0.1, 0.15) is 64.7 Å². The highest BCUT2D eigenvalue weighted by atomic mass is 16.2. The maximum Gasteiger partial charge on any atom is 0.229 e. The highest BCUT2D eigenvalue weighted by Gasteiger charge is 2.40. The standard InChI is InChI=1S/C15H24N2O/c1-15(9-5-2-6-10-15)14(18)17(12-11-16)13-7-3-4-8-13/h13H,2-10,12H2,1H3. The predicted molar refractivity (Wildman–Crippen MR) is 70.8 cm³/mol. The summed E-state index contributed by atoms with van der Waals surface area (Å²) in [6.45, 7) is 2.38. The molecule has 0 atom stereocenters. The van der Waals surface area contributed by atoms with Crippen molar-refractivity contribution in [2.45, 2.75) is 70.8 Å². The van der Waals surface area contributed by atoms with E-state index in [0.717, 1.165) is 38.5 Å². The Morgan fingerprint density at radius 2 is 1.83 bits per heavy atom. The molecule has 0 N–H and O–H groups in total. The second-order valence-electron chi connectivity index (χ2n) is 6.15. The molecule has 0 aliphatic heterocycles. The number of amides is 1. The molecule has 2 fully saturated rings. The van der Waals surface area contributed by atoms with E-state index in [4.69, 9.17) is 5.26 Å². The summed E-state index contributed by atoms with van der Waals surface area (Å²) in [4.78, 5) is 14.7. The molecule has 3 heteroatoms. The van der Waals surface area contributed by atoms with Gasteiger partial charge in [-0.15, -0.1) is 0 Å². The van der Waals surface area contributed by atoms with Crippen LogP contribution in [0.4, 0.5) is 0 Å². The van der Waals surface area contributed by atoms with Crippen molar-refractivity contribution in [2.75, 3.05) is 6.54 Å². The first-order valence-corrected chi connectivity index (χ1v) is 7.35. The number of rotatable bonds is 3. The zero-order valence-corrected chi connectivity index (χ0v) is 11.5. The molecule has 0 heterocycles. The van der Waals surface area contributed by atoms with Gasteiger partial charge in [-0.3, -0.25) is 4.79 Å². The van der Waals surface area contributed by atoms with Gasteiger partial charge in [0.1, 0.15) is 6.54 Å². The molecule has 2 aliphatic rings. The van der Waals surface area contributed by atoms with Gasteiger partial charge in [0.2, 0.25) is 5.91 Å². The molecule has 2 rings (SSSR count). The van der Waals surface area contributed by atoms with Crippen molar-refractivity contribution in [3.8, 4) is 6.07 Å². The Balaban J connectivity index is 2.09. The first-order valence-electron chi connectivity index (χ1n) is 7.35. The molecule has 0 bridgehead atoms. The fourth-order valence-corrected chi connectivity index (χ4v) is 3.55. The monoisotopic (exact) mass is 248 g/mol. The molecule has 0 aromatic rings. The van der Waals surface area contributed by atoms with Crippen LogP contribution in [0, 0.1) is 16.7 Å². The van der Waals surface area contributed by atoms with Crippen LogP contribution >= 0.6 is 0 Å². The lowest BCUT2D eigenvalue weighted by molar-refractivity contribution is -0.144. The summed E-state index contributed by atoms with van der Waals surface area (Å²) in [5.41, 5.74) is -0.197. The molecule has 3 nitrogen and oxygen atoms in total. The average Bonchev–Trinajstić information content (AvgIpc) is 2.90. The number of hydrogen-bond donors (Lipinski definition) is 0. The average molecular weight is 248 g/mol. The summed E-state index contributed by atoms with van der Waals surface area (Å²) in [6.07, 6.45) is 10.2. The van der Waals surface area contributed by atoms with Gasteiger partial charge < -0.3 is 4.90 Å². The lowest BCUT2D eigenvalue weighted by atomic mass is 9.74. The quantitative estimate of drug-likeness (QED) is 0.720.